The van der Waals surface area contributed by atoms with Gasteiger partial charge in [-0.3, -0.25) is 4.79 Å². The van der Waals surface area contributed by atoms with Gasteiger partial charge in [-0.2, -0.15) is 0 Å². The molecule has 2 aromatic rings. The van der Waals surface area contributed by atoms with Crippen LogP contribution in [0.25, 0.3) is 11.0 Å². The zero-order chi connectivity index (χ0) is 16.6. The SMILES string of the molecule is CC(C)C(=O)N1CC[C@@H](C)[C@@H](N(C)c2ccnc3[nH]ccc23)C1. The molecule has 1 N–H and O–H groups in total. The summed E-state index contributed by atoms with van der Waals surface area (Å²) in [6.07, 6.45) is 4.82. The average Bonchev–Trinajstić information content (AvgIpc) is 3.02. The minimum Gasteiger partial charge on any atom is -0.369 e. The van der Waals surface area contributed by atoms with Gasteiger partial charge in [0.1, 0.15) is 5.65 Å². The van der Waals surface area contributed by atoms with Gasteiger partial charge in [-0.15, -0.1) is 0 Å². The summed E-state index contributed by atoms with van der Waals surface area (Å²) < 4.78 is 0. The molecule has 124 valence electrons. The monoisotopic (exact) mass is 314 g/mol. The Kier molecular flexibility index (Phi) is 4.28. The quantitative estimate of drug-likeness (QED) is 0.948. The number of carbonyl (C=O) groups excluding carboxylic acids is 1. The van der Waals surface area contributed by atoms with Crippen LogP contribution in [0.3, 0.4) is 0 Å². The maximum atomic E-state index is 12.4. The Labute approximate surface area is 137 Å². The molecular formula is C18H26N4O. The van der Waals surface area contributed by atoms with E-state index in [1.54, 1.807) is 0 Å². The van der Waals surface area contributed by atoms with Crippen LogP contribution in [0.15, 0.2) is 24.5 Å². The number of hydrogen-bond acceptors (Lipinski definition) is 3. The Hall–Kier alpha value is -2.04. The van der Waals surface area contributed by atoms with Gasteiger partial charge in [0.15, 0.2) is 0 Å². The number of nitrogens with zero attached hydrogens (tertiary/aromatic N) is 3. The number of hydrogen-bond donors (Lipinski definition) is 1. The fourth-order valence-corrected chi connectivity index (χ4v) is 3.55. The highest BCUT2D eigenvalue weighted by atomic mass is 16.2. The number of likely N-dealkylation sites (N-methyl/N-ethyl adjacent to an activating group) is 1. The van der Waals surface area contributed by atoms with Gasteiger partial charge in [-0.05, 0) is 24.5 Å². The summed E-state index contributed by atoms with van der Waals surface area (Å²) in [5.41, 5.74) is 2.08. The fraction of sp³-hybridized carbons (Fsp3) is 0.556. The van der Waals surface area contributed by atoms with Gasteiger partial charge < -0.3 is 14.8 Å². The van der Waals surface area contributed by atoms with Crippen LogP contribution in [-0.2, 0) is 4.79 Å². The molecule has 3 heterocycles. The van der Waals surface area contributed by atoms with E-state index in [2.05, 4.69) is 41.0 Å². The van der Waals surface area contributed by atoms with Gasteiger partial charge in [0.25, 0.3) is 0 Å². The molecular weight excluding hydrogens is 288 g/mol. The van der Waals surface area contributed by atoms with Crippen molar-refractivity contribution in [3.05, 3.63) is 24.5 Å². The second kappa shape index (κ2) is 6.22. The van der Waals surface area contributed by atoms with Crippen LogP contribution >= 0.6 is 0 Å². The molecule has 2 aromatic heterocycles. The van der Waals surface area contributed by atoms with Crippen LogP contribution in [0.1, 0.15) is 27.2 Å². The van der Waals surface area contributed by atoms with Crippen molar-refractivity contribution >= 4 is 22.6 Å². The number of aromatic nitrogens is 2. The highest BCUT2D eigenvalue weighted by Gasteiger charge is 2.32. The molecule has 0 unspecified atom stereocenters. The highest BCUT2D eigenvalue weighted by molar-refractivity contribution is 5.89. The molecule has 1 saturated heterocycles. The minimum atomic E-state index is 0.0617. The second-order valence-electron chi connectivity index (χ2n) is 6.95. The number of amides is 1. The second-order valence-corrected chi connectivity index (χ2v) is 6.95. The van der Waals surface area contributed by atoms with Crippen LogP contribution in [0.2, 0.25) is 0 Å². The number of likely N-dealkylation sites (tertiary alicyclic amines) is 1. The zero-order valence-electron chi connectivity index (χ0n) is 14.4. The average molecular weight is 314 g/mol. The molecule has 0 bridgehead atoms. The van der Waals surface area contributed by atoms with Crippen molar-refractivity contribution < 1.29 is 4.79 Å². The Morgan fingerprint density at radius 2 is 2.22 bits per heavy atom. The van der Waals surface area contributed by atoms with Gasteiger partial charge in [0.2, 0.25) is 5.91 Å². The summed E-state index contributed by atoms with van der Waals surface area (Å²) in [5, 5.41) is 1.13. The predicted molar refractivity (Wildman–Crippen MR) is 93.5 cm³/mol. The van der Waals surface area contributed by atoms with Crippen molar-refractivity contribution in [1.82, 2.24) is 14.9 Å². The maximum absolute atomic E-state index is 12.4. The van der Waals surface area contributed by atoms with E-state index in [0.717, 1.165) is 30.5 Å². The number of piperidine rings is 1. The van der Waals surface area contributed by atoms with E-state index in [1.165, 1.54) is 5.69 Å². The van der Waals surface area contributed by atoms with Gasteiger partial charge in [0.05, 0.1) is 0 Å². The maximum Gasteiger partial charge on any atom is 0.225 e. The van der Waals surface area contributed by atoms with Gasteiger partial charge in [0, 0.05) is 55.6 Å². The van der Waals surface area contributed by atoms with Crippen LogP contribution in [0.4, 0.5) is 5.69 Å². The summed E-state index contributed by atoms with van der Waals surface area (Å²) in [4.78, 5) is 24.3. The molecule has 0 spiro atoms. The van der Waals surface area contributed by atoms with Crippen molar-refractivity contribution in [2.75, 3.05) is 25.0 Å². The Bertz CT molecular complexity index is 693. The van der Waals surface area contributed by atoms with Crippen molar-refractivity contribution in [3.8, 4) is 0 Å². The molecule has 1 aliphatic heterocycles. The standard InChI is InChI=1S/C18H26N4O/c1-12(2)18(23)22-10-7-13(3)16(11-22)21(4)15-6-9-20-17-14(15)5-8-19-17/h5-6,8-9,12-13,16H,7,10-11H2,1-4H3,(H,19,20)/t13-,16+/m1/s1. The lowest BCUT2D eigenvalue weighted by atomic mass is 9.91. The first-order chi connectivity index (χ1) is 11.0. The number of fused-ring (bicyclic) bond motifs is 1. The Morgan fingerprint density at radius 3 is 2.96 bits per heavy atom. The summed E-state index contributed by atoms with van der Waals surface area (Å²) >= 11 is 0. The predicted octanol–water partition coefficient (Wildman–Crippen LogP) is 2.89. The Morgan fingerprint density at radius 1 is 1.43 bits per heavy atom. The van der Waals surface area contributed by atoms with Gasteiger partial charge in [-0.25, -0.2) is 4.98 Å². The molecule has 5 nitrogen and oxygen atoms in total. The molecule has 3 rings (SSSR count). The number of carbonyl (C=O) groups is 1. The molecule has 0 aromatic carbocycles. The summed E-state index contributed by atoms with van der Waals surface area (Å²) in [6.45, 7) is 7.91. The van der Waals surface area contributed by atoms with E-state index in [0.29, 0.717) is 12.0 Å². The van der Waals surface area contributed by atoms with Crippen LogP contribution in [0, 0.1) is 11.8 Å². The first-order valence-corrected chi connectivity index (χ1v) is 8.42. The number of H-pyrrole nitrogens is 1. The molecule has 23 heavy (non-hydrogen) atoms. The molecule has 1 aliphatic rings. The molecule has 0 aliphatic carbocycles. The van der Waals surface area contributed by atoms with Gasteiger partial charge >= 0.3 is 0 Å². The molecule has 1 fully saturated rings. The van der Waals surface area contributed by atoms with Crippen LogP contribution in [-0.4, -0.2) is 47.0 Å². The van der Waals surface area contributed by atoms with Crippen LogP contribution < -0.4 is 4.90 Å². The van der Waals surface area contributed by atoms with E-state index in [1.807, 2.05) is 31.1 Å². The number of anilines is 1. The minimum absolute atomic E-state index is 0.0617. The lowest BCUT2D eigenvalue weighted by Gasteiger charge is -2.43. The highest BCUT2D eigenvalue weighted by Crippen LogP contribution is 2.30. The summed E-state index contributed by atoms with van der Waals surface area (Å²) in [5.74, 6) is 0.877. The van der Waals surface area contributed by atoms with Crippen molar-refractivity contribution in [3.63, 3.8) is 0 Å². The molecule has 5 heteroatoms. The number of nitrogens with one attached hydrogen (secondary N) is 1. The summed E-state index contributed by atoms with van der Waals surface area (Å²) in [7, 11) is 2.13. The largest absolute Gasteiger partial charge is 0.369 e. The topological polar surface area (TPSA) is 52.2 Å². The normalized spacial score (nSPS) is 21.9. The number of pyridine rings is 1. The van der Waals surface area contributed by atoms with Crippen LogP contribution in [0.5, 0.6) is 0 Å². The van der Waals surface area contributed by atoms with E-state index in [4.69, 9.17) is 0 Å². The molecule has 0 saturated carbocycles. The van der Waals surface area contributed by atoms with Crippen molar-refractivity contribution in [1.29, 1.82) is 0 Å². The third kappa shape index (κ3) is 2.92. The fourth-order valence-electron chi connectivity index (χ4n) is 3.55. The summed E-state index contributed by atoms with van der Waals surface area (Å²) in [6, 6.07) is 4.46. The molecule has 2 atom stereocenters. The molecule has 1 amide bonds. The first-order valence-electron chi connectivity index (χ1n) is 8.42. The van der Waals surface area contributed by atoms with E-state index in [-0.39, 0.29) is 11.8 Å². The van der Waals surface area contributed by atoms with E-state index in [9.17, 15) is 4.79 Å². The van der Waals surface area contributed by atoms with E-state index >= 15 is 0 Å². The van der Waals surface area contributed by atoms with Crippen molar-refractivity contribution in [2.24, 2.45) is 11.8 Å². The zero-order valence-corrected chi connectivity index (χ0v) is 14.4. The Balaban J connectivity index is 1.86. The number of rotatable bonds is 3. The molecule has 0 radical (unpaired) electrons. The lowest BCUT2D eigenvalue weighted by molar-refractivity contribution is -0.136. The third-order valence-corrected chi connectivity index (χ3v) is 5.04. The smallest absolute Gasteiger partial charge is 0.225 e. The van der Waals surface area contributed by atoms with Crippen molar-refractivity contribution in [2.45, 2.75) is 33.2 Å². The van der Waals surface area contributed by atoms with E-state index < -0.39 is 0 Å². The van der Waals surface area contributed by atoms with Gasteiger partial charge in [-0.1, -0.05) is 20.8 Å². The lowest BCUT2D eigenvalue weighted by Crippen LogP contribution is -2.53. The third-order valence-electron chi connectivity index (χ3n) is 5.04. The first kappa shape index (κ1) is 15.8. The number of aromatic amines is 1.